The number of nitrogens with zero attached hydrogens (tertiary/aromatic N) is 5. The fourth-order valence-electron chi connectivity index (χ4n) is 4.95. The Kier molecular flexibility index (Phi) is 3.99. The zero-order chi connectivity index (χ0) is 22.1. The van der Waals surface area contributed by atoms with Crippen LogP contribution >= 0.6 is 0 Å². The number of carbonyl (C=O) groups excluding carboxylic acids is 3. The summed E-state index contributed by atoms with van der Waals surface area (Å²) in [6, 6.07) is 6.92. The second kappa shape index (κ2) is 6.41. The number of hydrogen-bond donors (Lipinski definition) is 1. The first kappa shape index (κ1) is 19.3. The molecule has 4 heterocycles. The predicted octanol–water partition coefficient (Wildman–Crippen LogP) is 2.21. The van der Waals surface area contributed by atoms with Gasteiger partial charge in [0, 0.05) is 23.7 Å². The number of anilines is 1. The van der Waals surface area contributed by atoms with Gasteiger partial charge >= 0.3 is 12.1 Å². The first-order valence-corrected chi connectivity index (χ1v) is 10.2. The Hall–Kier alpha value is -3.67. The fraction of sp³-hybridized carbons (Fsp3) is 0.409. The molecule has 3 saturated heterocycles. The zero-order valence-electron chi connectivity index (χ0n) is 17.5. The number of fused-ring (bicyclic) bond motifs is 6. The van der Waals surface area contributed by atoms with Crippen LogP contribution in [-0.4, -0.2) is 63.0 Å². The summed E-state index contributed by atoms with van der Waals surface area (Å²) in [5.41, 5.74) is 0.846. The van der Waals surface area contributed by atoms with Gasteiger partial charge in [-0.2, -0.15) is 5.26 Å². The molecule has 3 aliphatic rings. The highest BCUT2D eigenvalue weighted by Crippen LogP contribution is 2.43. The first-order valence-electron chi connectivity index (χ1n) is 10.2. The molecule has 9 nitrogen and oxygen atoms in total. The maximum atomic E-state index is 13.5. The lowest BCUT2D eigenvalue weighted by Crippen LogP contribution is -2.59. The van der Waals surface area contributed by atoms with Gasteiger partial charge < -0.3 is 15.1 Å². The third-order valence-electron chi connectivity index (χ3n) is 6.12. The van der Waals surface area contributed by atoms with Gasteiger partial charge in [0.1, 0.15) is 12.1 Å². The van der Waals surface area contributed by atoms with Gasteiger partial charge in [0.25, 0.3) is 5.91 Å². The van der Waals surface area contributed by atoms with Gasteiger partial charge in [0.05, 0.1) is 28.9 Å². The van der Waals surface area contributed by atoms with Crippen molar-refractivity contribution in [2.45, 2.75) is 50.9 Å². The van der Waals surface area contributed by atoms with Crippen LogP contribution in [-0.2, 0) is 4.79 Å². The number of hydrogen-bond acceptors (Lipinski definition) is 5. The lowest BCUT2D eigenvalue weighted by atomic mass is 10.1. The van der Waals surface area contributed by atoms with Crippen molar-refractivity contribution in [3.8, 4) is 6.07 Å². The van der Waals surface area contributed by atoms with Gasteiger partial charge in [-0.05, 0) is 51.5 Å². The Morgan fingerprint density at radius 3 is 2.74 bits per heavy atom. The molecule has 0 saturated carbocycles. The summed E-state index contributed by atoms with van der Waals surface area (Å²) >= 11 is 0. The highest BCUT2D eigenvalue weighted by atomic mass is 16.2. The third-order valence-corrected chi connectivity index (χ3v) is 6.12. The Bertz CT molecular complexity index is 1180. The number of likely N-dealkylation sites (tertiary alicyclic amines) is 1. The molecule has 1 N–H and O–H groups in total. The number of amides is 5. The molecule has 3 unspecified atom stereocenters. The number of nitrogens with one attached hydrogen (secondary N) is 1. The summed E-state index contributed by atoms with van der Waals surface area (Å²) in [6.45, 7) is 6.12. The van der Waals surface area contributed by atoms with E-state index in [0.717, 1.165) is 0 Å². The molecule has 2 aromatic rings. The quantitative estimate of drug-likeness (QED) is 0.714. The van der Waals surface area contributed by atoms with Crippen LogP contribution in [0.1, 0.15) is 32.8 Å². The van der Waals surface area contributed by atoms with E-state index in [0.29, 0.717) is 35.1 Å². The van der Waals surface area contributed by atoms with E-state index in [1.807, 2.05) is 20.8 Å². The molecule has 158 valence electrons. The Balaban J connectivity index is 1.51. The van der Waals surface area contributed by atoms with Gasteiger partial charge in [-0.15, -0.1) is 0 Å². The summed E-state index contributed by atoms with van der Waals surface area (Å²) in [5.74, 6) is -0.347. The third kappa shape index (κ3) is 2.75. The minimum atomic E-state index is -0.695. The van der Waals surface area contributed by atoms with Gasteiger partial charge in [-0.25, -0.2) is 14.5 Å². The number of nitriles is 1. The molecular formula is C22H22N6O3. The number of piperazine rings is 1. The summed E-state index contributed by atoms with van der Waals surface area (Å²) in [6.07, 6.45) is 2.17. The minimum Gasteiger partial charge on any atom is -0.333 e. The first-order chi connectivity index (χ1) is 14.7. The molecule has 9 heteroatoms. The largest absolute Gasteiger partial charge is 0.333 e. The van der Waals surface area contributed by atoms with Crippen LogP contribution in [0.15, 0.2) is 30.5 Å². The summed E-state index contributed by atoms with van der Waals surface area (Å²) in [7, 11) is 0. The van der Waals surface area contributed by atoms with Crippen LogP contribution in [0.3, 0.4) is 0 Å². The Morgan fingerprint density at radius 1 is 1.26 bits per heavy atom. The topological polar surface area (TPSA) is 110 Å². The maximum absolute atomic E-state index is 13.5. The molecule has 1 aromatic carbocycles. The van der Waals surface area contributed by atoms with Crippen LogP contribution in [0.25, 0.3) is 10.9 Å². The van der Waals surface area contributed by atoms with Crippen molar-refractivity contribution in [2.24, 2.45) is 0 Å². The standard InChI is InChI=1S/C22H22N6O3/c1-22(2,3)25-20(30)26-11-13-9-16(26)18-19(29)28(21(31)27(13)18)15-7-6-12(10-23)17-14(15)5-4-8-24-17/h4-8,13,16,18H,9,11H2,1-3H3,(H,25,30). The van der Waals surface area contributed by atoms with Crippen LogP contribution in [0.5, 0.6) is 0 Å². The number of aromatic nitrogens is 1. The molecule has 0 radical (unpaired) electrons. The second-order valence-electron chi connectivity index (χ2n) is 9.24. The van der Waals surface area contributed by atoms with E-state index in [1.165, 1.54) is 4.90 Å². The van der Waals surface area contributed by atoms with Crippen molar-refractivity contribution in [3.05, 3.63) is 36.0 Å². The van der Waals surface area contributed by atoms with E-state index < -0.39 is 11.6 Å². The molecule has 5 amide bonds. The van der Waals surface area contributed by atoms with Crippen molar-refractivity contribution >= 4 is 34.6 Å². The van der Waals surface area contributed by atoms with Crippen LogP contribution in [0.2, 0.25) is 0 Å². The zero-order valence-corrected chi connectivity index (χ0v) is 17.5. The van der Waals surface area contributed by atoms with Gasteiger partial charge in [-0.3, -0.25) is 9.78 Å². The number of pyridine rings is 1. The molecule has 5 rings (SSSR count). The fourth-order valence-corrected chi connectivity index (χ4v) is 4.95. The van der Waals surface area contributed by atoms with Crippen molar-refractivity contribution in [3.63, 3.8) is 0 Å². The lowest BCUT2D eigenvalue weighted by molar-refractivity contribution is -0.121. The lowest BCUT2D eigenvalue weighted by Gasteiger charge is -2.36. The average molecular weight is 418 g/mol. The molecule has 31 heavy (non-hydrogen) atoms. The smallest absolute Gasteiger partial charge is 0.332 e. The number of imide groups is 1. The molecule has 2 bridgehead atoms. The Labute approximate surface area is 179 Å². The molecular weight excluding hydrogens is 396 g/mol. The second-order valence-corrected chi connectivity index (χ2v) is 9.24. The molecule has 3 aliphatic heterocycles. The minimum absolute atomic E-state index is 0.190. The van der Waals surface area contributed by atoms with Crippen LogP contribution in [0.4, 0.5) is 15.3 Å². The van der Waals surface area contributed by atoms with E-state index in [9.17, 15) is 19.6 Å². The van der Waals surface area contributed by atoms with Crippen LogP contribution in [0, 0.1) is 11.3 Å². The van der Waals surface area contributed by atoms with Crippen LogP contribution < -0.4 is 10.2 Å². The SMILES string of the molecule is CC(C)(C)NC(=O)N1CC2CC1C1C(=O)N(c3ccc(C#N)c4ncccc34)C(=O)N21. The number of urea groups is 2. The van der Waals surface area contributed by atoms with E-state index in [2.05, 4.69) is 16.4 Å². The Morgan fingerprint density at radius 2 is 2.03 bits per heavy atom. The average Bonchev–Trinajstić information content (AvgIpc) is 3.38. The highest BCUT2D eigenvalue weighted by Gasteiger charge is 2.63. The molecule has 0 aliphatic carbocycles. The normalized spacial score (nSPS) is 24.7. The van der Waals surface area contributed by atoms with E-state index in [-0.39, 0.29) is 30.1 Å². The highest BCUT2D eigenvalue weighted by molar-refractivity contribution is 6.25. The maximum Gasteiger partial charge on any atom is 0.332 e. The van der Waals surface area contributed by atoms with Gasteiger partial charge in [-0.1, -0.05) is 0 Å². The summed E-state index contributed by atoms with van der Waals surface area (Å²) < 4.78 is 0. The van der Waals surface area contributed by atoms with Crippen molar-refractivity contribution in [2.75, 3.05) is 11.4 Å². The van der Waals surface area contributed by atoms with E-state index >= 15 is 0 Å². The number of rotatable bonds is 1. The predicted molar refractivity (Wildman–Crippen MR) is 112 cm³/mol. The molecule has 0 spiro atoms. The van der Waals surface area contributed by atoms with Gasteiger partial charge in [0.15, 0.2) is 0 Å². The van der Waals surface area contributed by atoms with E-state index in [4.69, 9.17) is 0 Å². The molecule has 1 aromatic heterocycles. The number of benzene rings is 1. The van der Waals surface area contributed by atoms with Crippen molar-refractivity contribution in [1.29, 1.82) is 5.26 Å². The van der Waals surface area contributed by atoms with Crippen molar-refractivity contribution in [1.82, 2.24) is 20.1 Å². The summed E-state index contributed by atoms with van der Waals surface area (Å²) in [4.78, 5) is 48.3. The summed E-state index contributed by atoms with van der Waals surface area (Å²) in [5, 5.41) is 12.9. The van der Waals surface area contributed by atoms with E-state index in [1.54, 1.807) is 40.3 Å². The molecule has 3 atom stereocenters. The van der Waals surface area contributed by atoms with Gasteiger partial charge in [0.2, 0.25) is 0 Å². The number of carbonyl (C=O) groups is 3. The monoisotopic (exact) mass is 418 g/mol. The molecule has 3 fully saturated rings. The van der Waals surface area contributed by atoms with Crippen molar-refractivity contribution < 1.29 is 14.4 Å².